The highest BCUT2D eigenvalue weighted by Crippen LogP contribution is 2.40. The Kier molecular flexibility index (Phi) is 6.04. The van der Waals surface area contributed by atoms with Crippen LogP contribution in [0.5, 0.6) is 0 Å². The number of hydrogen-bond acceptors (Lipinski definition) is 2. The minimum absolute atomic E-state index is 0.0406. The van der Waals surface area contributed by atoms with E-state index in [1.165, 1.54) is 0 Å². The zero-order chi connectivity index (χ0) is 19.2. The standard InChI is InChI=1S/C25H25NO/c1-18-10-9-15-24(27)25(18)19(2)16-22(20-11-5-3-6-12-20)23(17-26)21-13-7-4-8-14-21/h3-8,11-14,22-23H,2,9-10,15-16H2,1H3. The van der Waals surface area contributed by atoms with Crippen LogP contribution < -0.4 is 0 Å². The summed E-state index contributed by atoms with van der Waals surface area (Å²) in [5.41, 5.74) is 4.92. The van der Waals surface area contributed by atoms with Crippen molar-refractivity contribution in [1.29, 1.82) is 5.26 Å². The minimum atomic E-state index is -0.287. The lowest BCUT2D eigenvalue weighted by Crippen LogP contribution is -2.16. The van der Waals surface area contributed by atoms with Crippen molar-refractivity contribution in [2.45, 2.75) is 44.4 Å². The molecule has 2 aromatic carbocycles. The Morgan fingerprint density at radius 2 is 1.63 bits per heavy atom. The van der Waals surface area contributed by atoms with Gasteiger partial charge in [0, 0.05) is 17.9 Å². The first-order valence-electron chi connectivity index (χ1n) is 9.52. The first-order valence-corrected chi connectivity index (χ1v) is 9.52. The molecule has 1 aliphatic rings. The van der Waals surface area contributed by atoms with Crippen LogP contribution in [0.15, 0.2) is 84.0 Å². The Bertz CT molecular complexity index is 887. The van der Waals surface area contributed by atoms with Crippen molar-refractivity contribution < 1.29 is 4.79 Å². The fourth-order valence-corrected chi connectivity index (χ4v) is 4.05. The summed E-state index contributed by atoms with van der Waals surface area (Å²) >= 11 is 0. The number of allylic oxidation sites excluding steroid dienone is 3. The third-order valence-corrected chi connectivity index (χ3v) is 5.41. The van der Waals surface area contributed by atoms with E-state index < -0.39 is 0 Å². The summed E-state index contributed by atoms with van der Waals surface area (Å²) in [6.45, 7) is 6.30. The number of carbonyl (C=O) groups excluding carboxylic acids is 1. The molecule has 2 aromatic rings. The average Bonchev–Trinajstić information content (AvgIpc) is 2.69. The maximum absolute atomic E-state index is 12.5. The normalized spacial score (nSPS) is 16.5. The molecule has 2 unspecified atom stereocenters. The molecule has 0 aliphatic heterocycles. The molecule has 0 heterocycles. The number of benzene rings is 2. The summed E-state index contributed by atoms with van der Waals surface area (Å²) < 4.78 is 0. The molecule has 0 saturated carbocycles. The Morgan fingerprint density at radius 3 is 2.19 bits per heavy atom. The second-order valence-electron chi connectivity index (χ2n) is 7.27. The van der Waals surface area contributed by atoms with Crippen molar-refractivity contribution in [2.24, 2.45) is 0 Å². The molecule has 0 amide bonds. The largest absolute Gasteiger partial charge is 0.294 e. The third-order valence-electron chi connectivity index (χ3n) is 5.41. The van der Waals surface area contributed by atoms with Crippen LogP contribution in [0.25, 0.3) is 0 Å². The minimum Gasteiger partial charge on any atom is -0.294 e. The second-order valence-corrected chi connectivity index (χ2v) is 7.27. The highest BCUT2D eigenvalue weighted by molar-refractivity contribution is 6.00. The van der Waals surface area contributed by atoms with E-state index in [4.69, 9.17) is 0 Å². The van der Waals surface area contributed by atoms with Gasteiger partial charge in [0.2, 0.25) is 0 Å². The molecule has 0 N–H and O–H groups in total. The molecule has 0 fully saturated rings. The van der Waals surface area contributed by atoms with Gasteiger partial charge in [-0.05, 0) is 42.9 Å². The topological polar surface area (TPSA) is 40.9 Å². The van der Waals surface area contributed by atoms with Gasteiger partial charge < -0.3 is 0 Å². The van der Waals surface area contributed by atoms with Gasteiger partial charge in [-0.3, -0.25) is 4.79 Å². The second kappa shape index (κ2) is 8.64. The predicted molar refractivity (Wildman–Crippen MR) is 109 cm³/mol. The van der Waals surface area contributed by atoms with Gasteiger partial charge in [-0.2, -0.15) is 5.26 Å². The SMILES string of the molecule is C=C(CC(c1ccccc1)C(C#N)c1ccccc1)C1=C(C)CCCC1=O. The lowest BCUT2D eigenvalue weighted by Gasteiger charge is -2.26. The van der Waals surface area contributed by atoms with Crippen molar-refractivity contribution in [3.8, 4) is 6.07 Å². The van der Waals surface area contributed by atoms with Gasteiger partial charge in [-0.15, -0.1) is 0 Å². The van der Waals surface area contributed by atoms with E-state index in [-0.39, 0.29) is 17.6 Å². The van der Waals surface area contributed by atoms with Gasteiger partial charge in [-0.1, -0.05) is 72.8 Å². The lowest BCUT2D eigenvalue weighted by atomic mass is 9.76. The van der Waals surface area contributed by atoms with E-state index in [9.17, 15) is 10.1 Å². The monoisotopic (exact) mass is 355 g/mol. The Hall–Kier alpha value is -2.92. The zero-order valence-corrected chi connectivity index (χ0v) is 15.8. The van der Waals surface area contributed by atoms with Gasteiger partial charge in [-0.25, -0.2) is 0 Å². The van der Waals surface area contributed by atoms with E-state index in [2.05, 4.69) is 24.8 Å². The first-order chi connectivity index (χ1) is 13.1. The molecule has 27 heavy (non-hydrogen) atoms. The summed E-state index contributed by atoms with van der Waals surface area (Å²) in [6.07, 6.45) is 3.09. The smallest absolute Gasteiger partial charge is 0.163 e. The quantitative estimate of drug-likeness (QED) is 0.629. The van der Waals surface area contributed by atoms with Crippen molar-refractivity contribution >= 4 is 5.78 Å². The number of ketones is 1. The molecule has 0 bridgehead atoms. The molecule has 3 rings (SSSR count). The number of carbonyl (C=O) groups is 1. The van der Waals surface area contributed by atoms with Crippen molar-refractivity contribution in [2.75, 3.05) is 0 Å². The fourth-order valence-electron chi connectivity index (χ4n) is 4.05. The molecular formula is C25H25NO. The summed E-state index contributed by atoms with van der Waals surface area (Å²) in [6, 6.07) is 22.5. The van der Waals surface area contributed by atoms with Crippen LogP contribution in [0.2, 0.25) is 0 Å². The summed E-state index contributed by atoms with van der Waals surface area (Å²) in [5, 5.41) is 9.98. The molecule has 0 radical (unpaired) electrons. The van der Waals surface area contributed by atoms with Gasteiger partial charge in [0.05, 0.1) is 12.0 Å². The van der Waals surface area contributed by atoms with E-state index in [1.54, 1.807) is 0 Å². The molecule has 0 spiro atoms. The first kappa shape index (κ1) is 18.9. The van der Waals surface area contributed by atoms with Crippen LogP contribution in [0.3, 0.4) is 0 Å². The molecule has 2 heteroatoms. The molecular weight excluding hydrogens is 330 g/mol. The van der Waals surface area contributed by atoms with Crippen LogP contribution in [0.4, 0.5) is 0 Å². The Morgan fingerprint density at radius 1 is 1.04 bits per heavy atom. The van der Waals surface area contributed by atoms with Gasteiger partial charge in [0.25, 0.3) is 0 Å². The van der Waals surface area contributed by atoms with E-state index in [0.29, 0.717) is 12.8 Å². The molecule has 0 aromatic heterocycles. The van der Waals surface area contributed by atoms with E-state index in [0.717, 1.165) is 40.7 Å². The molecule has 2 atom stereocenters. The maximum atomic E-state index is 12.5. The summed E-state index contributed by atoms with van der Waals surface area (Å²) in [4.78, 5) is 12.5. The molecule has 1 aliphatic carbocycles. The maximum Gasteiger partial charge on any atom is 0.163 e. The zero-order valence-electron chi connectivity index (χ0n) is 15.8. The van der Waals surface area contributed by atoms with Crippen LogP contribution in [-0.2, 0) is 4.79 Å². The van der Waals surface area contributed by atoms with Crippen molar-refractivity contribution in [3.05, 3.63) is 95.1 Å². The number of rotatable bonds is 6. The number of nitrogens with zero attached hydrogens (tertiary/aromatic N) is 1. The average molecular weight is 355 g/mol. The van der Waals surface area contributed by atoms with Crippen LogP contribution in [-0.4, -0.2) is 5.78 Å². The molecule has 0 saturated heterocycles. The van der Waals surface area contributed by atoms with Crippen LogP contribution in [0.1, 0.15) is 55.6 Å². The van der Waals surface area contributed by atoms with Gasteiger partial charge in [0.1, 0.15) is 0 Å². The van der Waals surface area contributed by atoms with E-state index in [1.807, 2.05) is 55.5 Å². The summed E-state index contributed by atoms with van der Waals surface area (Å²) in [7, 11) is 0. The number of nitriles is 1. The van der Waals surface area contributed by atoms with Crippen LogP contribution in [0, 0.1) is 11.3 Å². The van der Waals surface area contributed by atoms with Crippen molar-refractivity contribution in [1.82, 2.24) is 0 Å². The Labute approximate surface area is 161 Å². The summed E-state index contributed by atoms with van der Waals surface area (Å²) in [5.74, 6) is -0.130. The van der Waals surface area contributed by atoms with Gasteiger partial charge >= 0.3 is 0 Å². The third kappa shape index (κ3) is 4.26. The van der Waals surface area contributed by atoms with Crippen LogP contribution >= 0.6 is 0 Å². The Balaban J connectivity index is 1.97. The number of Topliss-reactive ketones (excluding diaryl/α,β-unsaturated/α-hetero) is 1. The number of hydrogen-bond donors (Lipinski definition) is 0. The van der Waals surface area contributed by atoms with Crippen molar-refractivity contribution in [3.63, 3.8) is 0 Å². The van der Waals surface area contributed by atoms with E-state index >= 15 is 0 Å². The highest BCUT2D eigenvalue weighted by Gasteiger charge is 2.28. The fraction of sp³-hybridized carbons (Fsp3) is 0.280. The van der Waals surface area contributed by atoms with Gasteiger partial charge in [0.15, 0.2) is 5.78 Å². The predicted octanol–water partition coefficient (Wildman–Crippen LogP) is 6.09. The molecule has 136 valence electrons. The molecule has 2 nitrogen and oxygen atoms in total. The highest BCUT2D eigenvalue weighted by atomic mass is 16.1. The lowest BCUT2D eigenvalue weighted by molar-refractivity contribution is -0.115.